The Morgan fingerprint density at radius 3 is 1.65 bits per heavy atom. The fourth-order valence-corrected chi connectivity index (χ4v) is 2.53. The molecular formula is C12H12N2O6. The Hall–Kier alpha value is -2.06. The van der Waals surface area contributed by atoms with E-state index in [1.165, 1.54) is 14.2 Å². The number of hydrogen-bond donors (Lipinski definition) is 0. The zero-order valence-corrected chi connectivity index (χ0v) is 10.9. The monoisotopic (exact) mass is 280 g/mol. The molecule has 0 spiro atoms. The van der Waals surface area contributed by atoms with E-state index in [1.54, 1.807) is 0 Å². The van der Waals surface area contributed by atoms with Gasteiger partial charge < -0.3 is 9.47 Å². The van der Waals surface area contributed by atoms with Crippen LogP contribution in [0.3, 0.4) is 0 Å². The number of fused-ring (bicyclic) bond motifs is 2. The Morgan fingerprint density at radius 1 is 0.950 bits per heavy atom. The van der Waals surface area contributed by atoms with Gasteiger partial charge in [0.15, 0.2) is 11.4 Å². The zero-order chi connectivity index (χ0) is 14.3. The first kappa shape index (κ1) is 12.9. The van der Waals surface area contributed by atoms with Crippen LogP contribution < -0.4 is 0 Å². The summed E-state index contributed by atoms with van der Waals surface area (Å²) >= 11 is 0. The van der Waals surface area contributed by atoms with Crippen molar-refractivity contribution in [2.45, 2.75) is 25.0 Å². The van der Waals surface area contributed by atoms with E-state index in [9.17, 15) is 9.59 Å². The van der Waals surface area contributed by atoms with Crippen molar-refractivity contribution in [1.82, 2.24) is 10.2 Å². The van der Waals surface area contributed by atoms with Crippen molar-refractivity contribution in [3.63, 3.8) is 0 Å². The van der Waals surface area contributed by atoms with E-state index in [0.717, 1.165) is 0 Å². The van der Waals surface area contributed by atoms with Gasteiger partial charge in [-0.1, -0.05) is 0 Å². The second kappa shape index (κ2) is 4.80. The summed E-state index contributed by atoms with van der Waals surface area (Å²) in [6, 6.07) is 0. The molecule has 0 amide bonds. The van der Waals surface area contributed by atoms with Crippen LogP contribution in [0.2, 0.25) is 0 Å². The predicted molar refractivity (Wildman–Crippen MR) is 61.6 cm³/mol. The van der Waals surface area contributed by atoms with Crippen molar-refractivity contribution in [2.75, 3.05) is 14.2 Å². The molecule has 0 saturated carbocycles. The first-order valence-electron chi connectivity index (χ1n) is 6.06. The van der Waals surface area contributed by atoms with Crippen LogP contribution in [-0.2, 0) is 19.2 Å². The normalized spacial score (nSPS) is 23.1. The van der Waals surface area contributed by atoms with Crippen LogP contribution in [0.4, 0.5) is 0 Å². The van der Waals surface area contributed by atoms with Crippen LogP contribution in [0.25, 0.3) is 0 Å². The van der Waals surface area contributed by atoms with E-state index in [2.05, 4.69) is 19.7 Å². The van der Waals surface area contributed by atoms with Gasteiger partial charge in [0.25, 0.3) is 0 Å². The zero-order valence-electron chi connectivity index (χ0n) is 10.9. The van der Waals surface area contributed by atoms with E-state index in [4.69, 9.17) is 9.78 Å². The average molecular weight is 280 g/mol. The van der Waals surface area contributed by atoms with Crippen molar-refractivity contribution in [3.05, 3.63) is 22.5 Å². The van der Waals surface area contributed by atoms with Gasteiger partial charge in [0.05, 0.1) is 14.2 Å². The highest BCUT2D eigenvalue weighted by molar-refractivity contribution is 5.93. The van der Waals surface area contributed by atoms with E-state index in [1.807, 2.05) is 0 Å². The lowest BCUT2D eigenvalue weighted by Gasteiger charge is -2.37. The predicted octanol–water partition coefficient (Wildman–Crippen LogP) is 0.888. The summed E-state index contributed by atoms with van der Waals surface area (Å²) in [7, 11) is 2.51. The van der Waals surface area contributed by atoms with Crippen LogP contribution in [-0.4, -0.2) is 36.4 Å². The minimum absolute atomic E-state index is 0.0492. The summed E-state index contributed by atoms with van der Waals surface area (Å²) < 4.78 is 9.37. The highest BCUT2D eigenvalue weighted by Crippen LogP contribution is 2.47. The highest BCUT2D eigenvalue weighted by atomic mass is 17.2. The molecule has 1 aromatic rings. The summed E-state index contributed by atoms with van der Waals surface area (Å²) in [4.78, 5) is 33.9. The van der Waals surface area contributed by atoms with Gasteiger partial charge in [-0.2, -0.15) is 0 Å². The molecule has 2 bridgehead atoms. The van der Waals surface area contributed by atoms with Crippen LogP contribution in [0.1, 0.15) is 57.2 Å². The number of carbonyl (C=O) groups excluding carboxylic acids is 2. The number of nitrogens with zero attached hydrogens (tertiary/aromatic N) is 2. The molecule has 20 heavy (non-hydrogen) atoms. The summed E-state index contributed by atoms with van der Waals surface area (Å²) in [6.45, 7) is 0. The van der Waals surface area contributed by atoms with Gasteiger partial charge in [-0.25, -0.2) is 19.4 Å². The minimum atomic E-state index is -0.624. The summed E-state index contributed by atoms with van der Waals surface area (Å²) in [5, 5.41) is 7.58. The Labute approximate surface area is 113 Å². The molecule has 0 radical (unpaired) electrons. The molecule has 2 aliphatic heterocycles. The topological polar surface area (TPSA) is 96.8 Å². The van der Waals surface area contributed by atoms with Crippen molar-refractivity contribution in [2.24, 2.45) is 0 Å². The van der Waals surface area contributed by atoms with Crippen molar-refractivity contribution >= 4 is 11.9 Å². The number of ether oxygens (including phenoxy) is 2. The molecule has 4 rings (SSSR count). The maximum absolute atomic E-state index is 11.8. The molecule has 2 unspecified atom stereocenters. The van der Waals surface area contributed by atoms with Crippen LogP contribution in [0.15, 0.2) is 0 Å². The lowest BCUT2D eigenvalue weighted by molar-refractivity contribution is -0.391. The number of carbonyl (C=O) groups is 2. The molecule has 8 nitrogen and oxygen atoms in total. The van der Waals surface area contributed by atoms with Crippen LogP contribution in [0.5, 0.6) is 0 Å². The largest absolute Gasteiger partial charge is 0.464 e. The number of esters is 2. The first-order chi connectivity index (χ1) is 9.67. The quantitative estimate of drug-likeness (QED) is 0.582. The Kier molecular flexibility index (Phi) is 3.11. The summed E-state index contributed by atoms with van der Waals surface area (Å²) in [6.07, 6.45) is 0.438. The summed E-state index contributed by atoms with van der Waals surface area (Å²) in [5.74, 6) is -1.25. The van der Waals surface area contributed by atoms with Crippen LogP contribution >= 0.6 is 0 Å². The standard InChI is InChI=1S/C12H12N2O6/c1-17-11(15)9-7-5-3-4-6(20-19-5)8(7)10(14-13-9)12(16)18-2/h5-6H,3-4H2,1-2H3. The van der Waals surface area contributed by atoms with E-state index >= 15 is 0 Å². The van der Waals surface area contributed by atoms with Gasteiger partial charge in [-0.3, -0.25) is 0 Å². The Morgan fingerprint density at radius 2 is 1.35 bits per heavy atom. The maximum atomic E-state index is 11.8. The molecule has 2 atom stereocenters. The maximum Gasteiger partial charge on any atom is 0.358 e. The molecule has 1 aromatic heterocycles. The van der Waals surface area contributed by atoms with Gasteiger partial charge >= 0.3 is 11.9 Å². The Bertz CT molecular complexity index is 529. The molecule has 3 heterocycles. The van der Waals surface area contributed by atoms with Gasteiger partial charge in [-0.05, 0) is 12.8 Å². The molecule has 3 aliphatic rings. The van der Waals surface area contributed by atoms with E-state index in [0.29, 0.717) is 24.0 Å². The fraction of sp³-hybridized carbons (Fsp3) is 0.500. The van der Waals surface area contributed by atoms with Crippen molar-refractivity contribution in [3.8, 4) is 0 Å². The number of rotatable bonds is 2. The molecule has 8 heteroatoms. The van der Waals surface area contributed by atoms with Crippen molar-refractivity contribution < 1.29 is 28.8 Å². The molecule has 106 valence electrons. The van der Waals surface area contributed by atoms with Gasteiger partial charge in [-0.15, -0.1) is 10.2 Å². The second-order valence-corrected chi connectivity index (χ2v) is 4.45. The van der Waals surface area contributed by atoms with Gasteiger partial charge in [0, 0.05) is 11.1 Å². The third kappa shape index (κ3) is 1.76. The molecule has 0 N–H and O–H groups in total. The highest BCUT2D eigenvalue weighted by Gasteiger charge is 2.43. The molecule has 1 aliphatic carbocycles. The number of methoxy groups -OCH3 is 2. The third-order valence-corrected chi connectivity index (χ3v) is 3.43. The SMILES string of the molecule is COC(=O)c1nnc(C(=O)OC)c2c1C1CCC2OO1. The van der Waals surface area contributed by atoms with E-state index < -0.39 is 24.1 Å². The first-order valence-corrected chi connectivity index (χ1v) is 6.06. The average Bonchev–Trinajstić information content (AvgIpc) is 2.53. The lowest BCUT2D eigenvalue weighted by Crippen LogP contribution is -2.32. The molecular weight excluding hydrogens is 268 g/mol. The summed E-state index contributed by atoms with van der Waals surface area (Å²) in [5.41, 5.74) is 1.12. The van der Waals surface area contributed by atoms with Crippen molar-refractivity contribution in [1.29, 1.82) is 0 Å². The van der Waals surface area contributed by atoms with Gasteiger partial charge in [0.2, 0.25) is 0 Å². The second-order valence-electron chi connectivity index (χ2n) is 4.45. The molecule has 0 aromatic carbocycles. The minimum Gasteiger partial charge on any atom is -0.464 e. The molecule has 1 saturated heterocycles. The smallest absolute Gasteiger partial charge is 0.358 e. The Balaban J connectivity index is 2.22. The van der Waals surface area contributed by atoms with E-state index in [-0.39, 0.29) is 11.4 Å². The third-order valence-electron chi connectivity index (χ3n) is 3.43. The van der Waals surface area contributed by atoms with Crippen LogP contribution in [0, 0.1) is 0 Å². The number of aromatic nitrogens is 2. The lowest BCUT2D eigenvalue weighted by atomic mass is 9.84. The van der Waals surface area contributed by atoms with Gasteiger partial charge in [0.1, 0.15) is 12.2 Å². The fourth-order valence-electron chi connectivity index (χ4n) is 2.53. The molecule has 1 fully saturated rings. The number of hydrogen-bond acceptors (Lipinski definition) is 8.